The highest BCUT2D eigenvalue weighted by Gasteiger charge is 2.21. The summed E-state index contributed by atoms with van der Waals surface area (Å²) in [6, 6.07) is -1.09. The minimum absolute atomic E-state index is 0.0401. The van der Waals surface area contributed by atoms with Crippen LogP contribution in [0.15, 0.2) is 0 Å². The third-order valence-corrected chi connectivity index (χ3v) is 2.58. The van der Waals surface area contributed by atoms with E-state index in [2.05, 4.69) is 30.6 Å². The van der Waals surface area contributed by atoms with Crippen LogP contribution < -0.4 is 5.32 Å². The molecule has 0 rings (SSSR count). The molecule has 0 aromatic carbocycles. The molecule has 0 spiro atoms. The molecule has 0 saturated heterocycles. The Labute approximate surface area is 99.1 Å². The first kappa shape index (κ1) is 14.6. The predicted molar refractivity (Wildman–Crippen MR) is 62.7 cm³/mol. The lowest BCUT2D eigenvalue weighted by Gasteiger charge is -2.22. The van der Waals surface area contributed by atoms with E-state index >= 15 is 0 Å². The molecule has 5 nitrogen and oxygen atoms in total. The highest BCUT2D eigenvalue weighted by Crippen LogP contribution is 2.13. The molecular weight excluding hydrogens is 238 g/mol. The van der Waals surface area contributed by atoms with E-state index < -0.39 is 22.6 Å². The van der Waals surface area contributed by atoms with Crippen molar-refractivity contribution in [1.82, 2.24) is 5.32 Å². The van der Waals surface area contributed by atoms with Crippen LogP contribution in [0, 0.1) is 0 Å². The maximum Gasteiger partial charge on any atom is 0.320 e. The molecule has 3 N–H and O–H groups in total. The first-order chi connectivity index (χ1) is 6.84. The molecule has 0 amide bonds. The van der Waals surface area contributed by atoms with Gasteiger partial charge in [-0.2, -0.15) is 25.3 Å². The van der Waals surface area contributed by atoms with E-state index in [1.54, 1.807) is 0 Å². The van der Waals surface area contributed by atoms with Crippen molar-refractivity contribution in [3.8, 4) is 0 Å². The zero-order valence-electron chi connectivity index (χ0n) is 8.25. The van der Waals surface area contributed by atoms with Gasteiger partial charge in [-0.25, -0.2) is 0 Å². The topological polar surface area (TPSA) is 86.6 Å². The summed E-state index contributed by atoms with van der Waals surface area (Å²) in [6.45, 7) is 1.49. The fraction of sp³-hybridized carbons (Fsp3) is 0.750. The molecule has 0 aromatic rings. The predicted octanol–water partition coefficient (Wildman–Crippen LogP) is 0.468. The fourth-order valence-electron chi connectivity index (χ4n) is 0.990. The summed E-state index contributed by atoms with van der Waals surface area (Å²) in [5, 5.41) is 19.9. The van der Waals surface area contributed by atoms with Crippen LogP contribution in [0.25, 0.3) is 0 Å². The molecule has 0 aromatic heterocycles. The maximum absolute atomic E-state index is 10.6. The number of rotatable bonds is 7. The molecule has 0 saturated carbocycles. The van der Waals surface area contributed by atoms with E-state index in [9.17, 15) is 9.59 Å². The highest BCUT2D eigenvalue weighted by molar-refractivity contribution is 7.99. The molecule has 88 valence electrons. The number of nitrogens with one attached hydrogen (secondary N) is 1. The van der Waals surface area contributed by atoms with Crippen LogP contribution >= 0.6 is 25.3 Å². The molecule has 0 fully saturated rings. The number of hydrogen-bond donors (Lipinski definition) is 5. The Morgan fingerprint density at radius 1 is 1.33 bits per heavy atom. The third-order valence-electron chi connectivity index (χ3n) is 1.86. The van der Waals surface area contributed by atoms with Crippen LogP contribution in [0.3, 0.4) is 0 Å². The summed E-state index contributed by atoms with van der Waals surface area (Å²) in [4.78, 5) is 20.9. The van der Waals surface area contributed by atoms with Crippen molar-refractivity contribution in [2.45, 2.75) is 36.4 Å². The SMILES string of the molecule is C[C@H](NC(CCC(=O)O)C(S)S)C(=O)O. The van der Waals surface area contributed by atoms with Gasteiger partial charge in [0, 0.05) is 12.5 Å². The zero-order chi connectivity index (χ0) is 12.0. The van der Waals surface area contributed by atoms with Crippen molar-refractivity contribution in [2.24, 2.45) is 0 Å². The summed E-state index contributed by atoms with van der Waals surface area (Å²) in [5.41, 5.74) is 0. The minimum Gasteiger partial charge on any atom is -0.481 e. The number of thiol groups is 2. The summed E-state index contributed by atoms with van der Waals surface area (Å²) in [5.74, 6) is -1.91. The van der Waals surface area contributed by atoms with Crippen LogP contribution in [0.5, 0.6) is 0 Å². The van der Waals surface area contributed by atoms with Gasteiger partial charge in [0.05, 0.1) is 4.58 Å². The summed E-state index contributed by atoms with van der Waals surface area (Å²) in [6.07, 6.45) is 0.256. The van der Waals surface area contributed by atoms with E-state index in [1.165, 1.54) is 6.92 Å². The Kier molecular flexibility index (Phi) is 6.78. The van der Waals surface area contributed by atoms with Gasteiger partial charge in [0.25, 0.3) is 0 Å². The standard InChI is InChI=1S/C8H15NO4S2/c1-4(7(12)13)9-5(8(14)15)2-3-6(10)11/h4-5,8-9,14-15H,2-3H2,1H3,(H,10,11)(H,12,13)/t4-,5?/m0/s1. The van der Waals surface area contributed by atoms with Gasteiger partial charge in [0.2, 0.25) is 0 Å². The van der Waals surface area contributed by atoms with Crippen LogP contribution in [0.2, 0.25) is 0 Å². The minimum atomic E-state index is -0.988. The van der Waals surface area contributed by atoms with Crippen molar-refractivity contribution >= 4 is 37.2 Å². The monoisotopic (exact) mass is 253 g/mol. The van der Waals surface area contributed by atoms with Gasteiger partial charge in [0.15, 0.2) is 0 Å². The summed E-state index contributed by atoms with van der Waals surface area (Å²) >= 11 is 8.11. The average molecular weight is 253 g/mol. The molecule has 0 aliphatic rings. The van der Waals surface area contributed by atoms with Gasteiger partial charge in [-0.15, -0.1) is 0 Å². The third kappa shape index (κ3) is 6.64. The Hall–Kier alpha value is -0.400. The van der Waals surface area contributed by atoms with Crippen LogP contribution in [-0.4, -0.2) is 38.8 Å². The van der Waals surface area contributed by atoms with Crippen LogP contribution in [-0.2, 0) is 9.59 Å². The molecule has 0 aliphatic carbocycles. The molecule has 2 atom stereocenters. The van der Waals surface area contributed by atoms with Gasteiger partial charge in [-0.05, 0) is 13.3 Å². The summed E-state index contributed by atoms with van der Waals surface area (Å²) in [7, 11) is 0. The number of carbonyl (C=O) groups is 2. The number of aliphatic carboxylic acids is 2. The molecule has 15 heavy (non-hydrogen) atoms. The Bertz CT molecular complexity index is 235. The van der Waals surface area contributed by atoms with E-state index in [1.807, 2.05) is 0 Å². The van der Waals surface area contributed by atoms with Gasteiger partial charge < -0.3 is 10.2 Å². The molecular formula is C8H15NO4S2. The lowest BCUT2D eigenvalue weighted by molar-refractivity contribution is -0.139. The largest absolute Gasteiger partial charge is 0.481 e. The number of hydrogen-bond acceptors (Lipinski definition) is 5. The number of carboxylic acid groups (broad SMARTS) is 2. The number of carboxylic acids is 2. The van der Waals surface area contributed by atoms with Crippen molar-refractivity contribution in [3.05, 3.63) is 0 Å². The zero-order valence-corrected chi connectivity index (χ0v) is 10.0. The normalized spacial score (nSPS) is 14.9. The first-order valence-electron chi connectivity index (χ1n) is 4.41. The Morgan fingerprint density at radius 2 is 1.87 bits per heavy atom. The quantitative estimate of drug-likeness (QED) is 0.336. The lowest BCUT2D eigenvalue weighted by Crippen LogP contribution is -2.44. The fourth-order valence-corrected chi connectivity index (χ4v) is 1.46. The molecule has 0 radical (unpaired) electrons. The van der Waals surface area contributed by atoms with Gasteiger partial charge in [-0.3, -0.25) is 14.9 Å². The van der Waals surface area contributed by atoms with E-state index in [0.717, 1.165) is 0 Å². The highest BCUT2D eigenvalue weighted by atomic mass is 32.2. The van der Waals surface area contributed by atoms with Crippen molar-refractivity contribution in [1.29, 1.82) is 0 Å². The van der Waals surface area contributed by atoms with E-state index in [-0.39, 0.29) is 12.5 Å². The smallest absolute Gasteiger partial charge is 0.320 e. The second-order valence-corrected chi connectivity index (χ2v) is 4.70. The lowest BCUT2D eigenvalue weighted by atomic mass is 10.1. The molecule has 7 heteroatoms. The average Bonchev–Trinajstić information content (AvgIpc) is 2.10. The van der Waals surface area contributed by atoms with Gasteiger partial charge in [-0.1, -0.05) is 0 Å². The summed E-state index contributed by atoms with van der Waals surface area (Å²) < 4.78 is -0.397. The van der Waals surface area contributed by atoms with Gasteiger partial charge in [0.1, 0.15) is 6.04 Å². The van der Waals surface area contributed by atoms with Crippen LogP contribution in [0.4, 0.5) is 0 Å². The van der Waals surface area contributed by atoms with E-state index in [4.69, 9.17) is 10.2 Å². The maximum atomic E-state index is 10.6. The molecule has 1 unspecified atom stereocenters. The van der Waals surface area contributed by atoms with E-state index in [0.29, 0.717) is 6.42 Å². The molecule has 0 heterocycles. The second-order valence-electron chi connectivity index (χ2n) is 3.18. The molecule has 0 aliphatic heterocycles. The first-order valence-corrected chi connectivity index (χ1v) is 5.44. The van der Waals surface area contributed by atoms with Gasteiger partial charge >= 0.3 is 11.9 Å². The molecule has 0 bridgehead atoms. The van der Waals surface area contributed by atoms with Crippen LogP contribution in [0.1, 0.15) is 19.8 Å². The Balaban J connectivity index is 4.15. The second kappa shape index (κ2) is 6.97. The Morgan fingerprint density at radius 3 is 2.20 bits per heavy atom. The van der Waals surface area contributed by atoms with Crippen molar-refractivity contribution < 1.29 is 19.8 Å². The van der Waals surface area contributed by atoms with Crippen molar-refractivity contribution in [2.75, 3.05) is 0 Å². The van der Waals surface area contributed by atoms with Crippen molar-refractivity contribution in [3.63, 3.8) is 0 Å².